The highest BCUT2D eigenvalue weighted by atomic mass is 35.5. The number of ether oxygens (including phenoxy) is 1. The van der Waals surface area contributed by atoms with Crippen molar-refractivity contribution in [1.82, 2.24) is 14.7 Å². The highest BCUT2D eigenvalue weighted by Gasteiger charge is 2.31. The summed E-state index contributed by atoms with van der Waals surface area (Å²) >= 11 is 6.22. The van der Waals surface area contributed by atoms with Crippen molar-refractivity contribution in [3.63, 3.8) is 0 Å². The van der Waals surface area contributed by atoms with Gasteiger partial charge >= 0.3 is 5.97 Å². The van der Waals surface area contributed by atoms with Crippen molar-refractivity contribution in [2.45, 2.75) is 32.3 Å². The largest absolute Gasteiger partial charge is 0.481 e. The lowest BCUT2D eigenvalue weighted by Crippen LogP contribution is -2.46. The Morgan fingerprint density at radius 2 is 2.18 bits per heavy atom. The molecule has 1 aliphatic heterocycles. The minimum Gasteiger partial charge on any atom is -0.481 e. The van der Waals surface area contributed by atoms with Crippen molar-refractivity contribution in [3.8, 4) is 0 Å². The highest BCUT2D eigenvalue weighted by molar-refractivity contribution is 6.33. The fraction of sp³-hybridized carbons (Fsp3) is 0.643. The number of carbonyl (C=O) groups is 2. The first-order valence-electron chi connectivity index (χ1n) is 7.16. The number of hydrogen-bond donors (Lipinski definition) is 1. The number of hydrogen-bond acceptors (Lipinski definition) is 4. The number of rotatable bonds is 4. The second-order valence-corrected chi connectivity index (χ2v) is 6.03. The third kappa shape index (κ3) is 3.41. The minimum absolute atomic E-state index is 0.0634. The summed E-state index contributed by atoms with van der Waals surface area (Å²) in [5.41, 5.74) is 1.05. The number of amides is 1. The van der Waals surface area contributed by atoms with Crippen LogP contribution in [-0.2, 0) is 16.6 Å². The van der Waals surface area contributed by atoms with Gasteiger partial charge in [-0.1, -0.05) is 25.4 Å². The summed E-state index contributed by atoms with van der Waals surface area (Å²) in [5.74, 6) is -1.10. The van der Waals surface area contributed by atoms with E-state index in [9.17, 15) is 9.59 Å². The molecular formula is C14H20ClN3O4. The van der Waals surface area contributed by atoms with E-state index in [2.05, 4.69) is 5.10 Å². The second-order valence-electron chi connectivity index (χ2n) is 5.67. The van der Waals surface area contributed by atoms with Crippen LogP contribution in [0.25, 0.3) is 0 Å². The number of aromatic nitrogens is 2. The molecule has 7 nitrogen and oxygen atoms in total. The number of halogens is 1. The first-order valence-corrected chi connectivity index (χ1v) is 7.54. The summed E-state index contributed by atoms with van der Waals surface area (Å²) in [4.78, 5) is 25.2. The van der Waals surface area contributed by atoms with Crippen LogP contribution in [0, 0.1) is 0 Å². The van der Waals surface area contributed by atoms with Gasteiger partial charge in [0.05, 0.1) is 30.4 Å². The average molecular weight is 330 g/mol. The molecule has 1 N–H and O–H groups in total. The summed E-state index contributed by atoms with van der Waals surface area (Å²) in [6.07, 6.45) is -0.616. The third-order valence-corrected chi connectivity index (χ3v) is 4.03. The molecule has 0 aromatic carbocycles. The summed E-state index contributed by atoms with van der Waals surface area (Å²) in [7, 11) is 1.69. The summed E-state index contributed by atoms with van der Waals surface area (Å²) in [6, 6.07) is 0. The van der Waals surface area contributed by atoms with Gasteiger partial charge < -0.3 is 14.7 Å². The number of carboxylic acid groups (broad SMARTS) is 1. The summed E-state index contributed by atoms with van der Waals surface area (Å²) in [5, 5.41) is 13.5. The molecule has 1 amide bonds. The van der Waals surface area contributed by atoms with Crippen LogP contribution in [-0.4, -0.2) is 57.5 Å². The van der Waals surface area contributed by atoms with Crippen molar-refractivity contribution in [1.29, 1.82) is 0 Å². The molecule has 0 saturated carbocycles. The van der Waals surface area contributed by atoms with Gasteiger partial charge in [0.25, 0.3) is 5.91 Å². The van der Waals surface area contributed by atoms with Crippen molar-refractivity contribution < 1.29 is 19.4 Å². The molecule has 8 heteroatoms. The molecule has 1 aromatic rings. The SMILES string of the molecule is CC(C)c1nn(C)c(Cl)c1C(=O)N1CCOC(CC(=O)O)C1. The predicted octanol–water partition coefficient (Wildman–Crippen LogP) is 1.51. The Hall–Kier alpha value is -1.60. The van der Waals surface area contributed by atoms with Crippen LogP contribution < -0.4 is 0 Å². The smallest absolute Gasteiger partial charge is 0.306 e. The van der Waals surface area contributed by atoms with Crippen LogP contribution in [0.4, 0.5) is 0 Å². The van der Waals surface area contributed by atoms with Gasteiger partial charge in [-0.25, -0.2) is 0 Å². The number of aliphatic carboxylic acids is 1. The van der Waals surface area contributed by atoms with E-state index in [1.165, 1.54) is 4.68 Å². The molecule has 122 valence electrons. The molecule has 22 heavy (non-hydrogen) atoms. The first-order chi connectivity index (χ1) is 10.3. The van der Waals surface area contributed by atoms with Crippen molar-refractivity contribution in [3.05, 3.63) is 16.4 Å². The van der Waals surface area contributed by atoms with Gasteiger partial charge in [-0.3, -0.25) is 14.3 Å². The Bertz CT molecular complexity index is 585. The van der Waals surface area contributed by atoms with Crippen LogP contribution in [0.2, 0.25) is 5.15 Å². The molecule has 2 rings (SSSR count). The molecular weight excluding hydrogens is 310 g/mol. The first kappa shape index (κ1) is 16.8. The zero-order valence-electron chi connectivity index (χ0n) is 12.9. The van der Waals surface area contributed by atoms with Gasteiger partial charge in [-0.15, -0.1) is 0 Å². The van der Waals surface area contributed by atoms with Gasteiger partial charge in [0.2, 0.25) is 0 Å². The zero-order valence-corrected chi connectivity index (χ0v) is 13.6. The fourth-order valence-corrected chi connectivity index (χ4v) is 2.72. The van der Waals surface area contributed by atoms with E-state index in [4.69, 9.17) is 21.4 Å². The second kappa shape index (κ2) is 6.66. The molecule has 0 bridgehead atoms. The lowest BCUT2D eigenvalue weighted by molar-refractivity contribution is -0.141. The number of morpholine rings is 1. The van der Waals surface area contributed by atoms with Gasteiger partial charge in [0, 0.05) is 20.1 Å². The molecule has 1 aromatic heterocycles. The van der Waals surface area contributed by atoms with Crippen LogP contribution in [0.1, 0.15) is 42.2 Å². The molecule has 1 aliphatic rings. The standard InChI is InChI=1S/C14H20ClN3O4/c1-8(2)12-11(13(15)17(3)16-12)14(21)18-4-5-22-9(7-18)6-10(19)20/h8-9H,4-7H2,1-3H3,(H,19,20). The van der Waals surface area contributed by atoms with E-state index in [0.717, 1.165) is 0 Å². The molecule has 1 saturated heterocycles. The number of carboxylic acids is 1. The normalized spacial score (nSPS) is 18.8. The Labute approximate surface area is 133 Å². The lowest BCUT2D eigenvalue weighted by Gasteiger charge is -2.32. The minimum atomic E-state index is -0.943. The van der Waals surface area contributed by atoms with Crippen LogP contribution in [0.3, 0.4) is 0 Å². The van der Waals surface area contributed by atoms with Crippen LogP contribution in [0.15, 0.2) is 0 Å². The number of nitrogens with zero attached hydrogens (tertiary/aromatic N) is 3. The lowest BCUT2D eigenvalue weighted by atomic mass is 10.0. The van der Waals surface area contributed by atoms with Crippen LogP contribution >= 0.6 is 11.6 Å². The van der Waals surface area contributed by atoms with Gasteiger partial charge in [-0.05, 0) is 5.92 Å². The maximum atomic E-state index is 12.8. The Morgan fingerprint density at radius 1 is 1.50 bits per heavy atom. The fourth-order valence-electron chi connectivity index (χ4n) is 2.51. The van der Waals surface area contributed by atoms with E-state index in [1.807, 2.05) is 13.8 Å². The van der Waals surface area contributed by atoms with Gasteiger partial charge in [0.1, 0.15) is 5.15 Å². The van der Waals surface area contributed by atoms with E-state index in [-0.39, 0.29) is 24.8 Å². The van der Waals surface area contributed by atoms with Crippen molar-refractivity contribution >= 4 is 23.5 Å². The van der Waals surface area contributed by atoms with Crippen molar-refractivity contribution in [2.24, 2.45) is 7.05 Å². The van der Waals surface area contributed by atoms with Gasteiger partial charge in [0.15, 0.2) is 0 Å². The molecule has 0 aliphatic carbocycles. The average Bonchev–Trinajstić information content (AvgIpc) is 2.74. The van der Waals surface area contributed by atoms with Gasteiger partial charge in [-0.2, -0.15) is 5.10 Å². The Kier molecular flexibility index (Phi) is 5.08. The predicted molar refractivity (Wildman–Crippen MR) is 80.2 cm³/mol. The molecule has 0 spiro atoms. The molecule has 0 radical (unpaired) electrons. The summed E-state index contributed by atoms with van der Waals surface area (Å²) < 4.78 is 6.88. The Morgan fingerprint density at radius 3 is 2.77 bits per heavy atom. The highest BCUT2D eigenvalue weighted by Crippen LogP contribution is 2.27. The van der Waals surface area contributed by atoms with E-state index >= 15 is 0 Å². The van der Waals surface area contributed by atoms with E-state index in [1.54, 1.807) is 11.9 Å². The monoisotopic (exact) mass is 329 g/mol. The quantitative estimate of drug-likeness (QED) is 0.905. The van der Waals surface area contributed by atoms with Crippen LogP contribution in [0.5, 0.6) is 0 Å². The van der Waals surface area contributed by atoms with E-state index < -0.39 is 12.1 Å². The van der Waals surface area contributed by atoms with Crippen molar-refractivity contribution in [2.75, 3.05) is 19.7 Å². The topological polar surface area (TPSA) is 84.7 Å². The third-order valence-electron chi connectivity index (χ3n) is 3.59. The number of aryl methyl sites for hydroxylation is 1. The summed E-state index contributed by atoms with van der Waals surface area (Å²) in [6.45, 7) is 4.87. The molecule has 1 atom stereocenters. The maximum absolute atomic E-state index is 12.8. The number of carbonyl (C=O) groups excluding carboxylic acids is 1. The maximum Gasteiger partial charge on any atom is 0.306 e. The Balaban J connectivity index is 2.22. The molecule has 1 fully saturated rings. The molecule has 2 heterocycles. The molecule has 1 unspecified atom stereocenters. The van der Waals surface area contributed by atoms with E-state index in [0.29, 0.717) is 29.6 Å². The zero-order chi connectivity index (χ0) is 16.4.